The molecule has 0 aromatic heterocycles. The van der Waals surface area contributed by atoms with E-state index in [9.17, 15) is 0 Å². The average molecular weight is 131 g/mol. The summed E-state index contributed by atoms with van der Waals surface area (Å²) in [6, 6.07) is 0. The fourth-order valence-electron chi connectivity index (χ4n) is 0.454. The highest BCUT2D eigenvalue weighted by Gasteiger charge is 1.84. The summed E-state index contributed by atoms with van der Waals surface area (Å²) in [6.45, 7) is 4.70. The zero-order valence-corrected chi connectivity index (χ0v) is 5.51. The van der Waals surface area contributed by atoms with E-state index in [0.717, 1.165) is 12.8 Å². The SMILES string of the molecule is C=COCCCCON. The topological polar surface area (TPSA) is 44.5 Å². The Balaban J connectivity index is 2.66. The molecule has 0 heterocycles. The summed E-state index contributed by atoms with van der Waals surface area (Å²) in [7, 11) is 0. The molecule has 0 aliphatic rings. The van der Waals surface area contributed by atoms with Gasteiger partial charge in [0.05, 0.1) is 19.5 Å². The second kappa shape index (κ2) is 7.46. The summed E-state index contributed by atoms with van der Waals surface area (Å²) in [4.78, 5) is 4.34. The number of rotatable bonds is 6. The lowest BCUT2D eigenvalue weighted by molar-refractivity contribution is 0.126. The molecule has 2 N–H and O–H groups in total. The Morgan fingerprint density at radius 2 is 2.00 bits per heavy atom. The zero-order valence-electron chi connectivity index (χ0n) is 5.51. The van der Waals surface area contributed by atoms with E-state index in [2.05, 4.69) is 11.4 Å². The average Bonchev–Trinajstić information content (AvgIpc) is 1.89. The van der Waals surface area contributed by atoms with Crippen molar-refractivity contribution in [3.05, 3.63) is 12.8 Å². The fourth-order valence-corrected chi connectivity index (χ4v) is 0.454. The first-order valence-corrected chi connectivity index (χ1v) is 2.96. The molecule has 0 radical (unpaired) electrons. The lowest BCUT2D eigenvalue weighted by Crippen LogP contribution is -2.01. The highest BCUT2D eigenvalue weighted by atomic mass is 16.6. The van der Waals surface area contributed by atoms with Gasteiger partial charge in [0.2, 0.25) is 0 Å². The van der Waals surface area contributed by atoms with E-state index in [1.54, 1.807) is 0 Å². The molecule has 0 aliphatic carbocycles. The van der Waals surface area contributed by atoms with E-state index in [1.807, 2.05) is 0 Å². The van der Waals surface area contributed by atoms with Crippen LogP contribution < -0.4 is 5.90 Å². The van der Waals surface area contributed by atoms with Crippen LogP contribution in [0.5, 0.6) is 0 Å². The van der Waals surface area contributed by atoms with Crippen LogP contribution >= 0.6 is 0 Å². The van der Waals surface area contributed by atoms with Gasteiger partial charge in [0.15, 0.2) is 0 Å². The van der Waals surface area contributed by atoms with Crippen LogP contribution in [0.3, 0.4) is 0 Å². The summed E-state index contributed by atoms with van der Waals surface area (Å²) in [6.07, 6.45) is 3.33. The number of nitrogens with two attached hydrogens (primary N) is 1. The van der Waals surface area contributed by atoms with Crippen LogP contribution in [0.4, 0.5) is 0 Å². The first-order chi connectivity index (χ1) is 4.41. The highest BCUT2D eigenvalue weighted by Crippen LogP contribution is 1.88. The number of ether oxygens (including phenoxy) is 1. The third-order valence-corrected chi connectivity index (χ3v) is 0.892. The Bertz CT molecular complexity index is 66.1. The predicted octanol–water partition coefficient (Wildman–Crippen LogP) is 0.817. The van der Waals surface area contributed by atoms with Crippen molar-refractivity contribution in [2.24, 2.45) is 5.90 Å². The minimum Gasteiger partial charge on any atom is -0.502 e. The summed E-state index contributed by atoms with van der Waals surface area (Å²) in [5, 5.41) is 0. The predicted molar refractivity (Wildman–Crippen MR) is 35.5 cm³/mol. The Labute approximate surface area is 55.4 Å². The molecule has 0 rings (SSSR count). The van der Waals surface area contributed by atoms with Crippen molar-refractivity contribution in [2.45, 2.75) is 12.8 Å². The number of unbranched alkanes of at least 4 members (excludes halogenated alkanes) is 1. The van der Waals surface area contributed by atoms with Gasteiger partial charge in [-0.05, 0) is 12.8 Å². The van der Waals surface area contributed by atoms with Gasteiger partial charge in [-0.1, -0.05) is 6.58 Å². The Kier molecular flexibility index (Phi) is 7.01. The van der Waals surface area contributed by atoms with E-state index in [1.165, 1.54) is 6.26 Å². The van der Waals surface area contributed by atoms with Gasteiger partial charge < -0.3 is 9.57 Å². The molecule has 0 aliphatic heterocycles. The fraction of sp³-hybridized carbons (Fsp3) is 0.667. The highest BCUT2D eigenvalue weighted by molar-refractivity contribution is 4.48. The second-order valence-electron chi connectivity index (χ2n) is 1.62. The van der Waals surface area contributed by atoms with Crippen LogP contribution in [0, 0.1) is 0 Å². The molecular weight excluding hydrogens is 118 g/mol. The zero-order chi connectivity index (χ0) is 6.95. The van der Waals surface area contributed by atoms with E-state index in [0.29, 0.717) is 13.2 Å². The van der Waals surface area contributed by atoms with Gasteiger partial charge in [0.1, 0.15) is 0 Å². The van der Waals surface area contributed by atoms with Crippen molar-refractivity contribution in [2.75, 3.05) is 13.2 Å². The van der Waals surface area contributed by atoms with Crippen molar-refractivity contribution in [3.63, 3.8) is 0 Å². The molecule has 0 aromatic rings. The first-order valence-electron chi connectivity index (χ1n) is 2.96. The lowest BCUT2D eigenvalue weighted by atomic mass is 10.3. The normalized spacial score (nSPS) is 9.00. The molecule has 0 fully saturated rings. The van der Waals surface area contributed by atoms with E-state index in [-0.39, 0.29) is 0 Å². The third kappa shape index (κ3) is 7.46. The molecule has 0 aromatic carbocycles. The van der Waals surface area contributed by atoms with E-state index in [4.69, 9.17) is 10.6 Å². The maximum atomic E-state index is 4.85. The van der Waals surface area contributed by atoms with Crippen molar-refractivity contribution < 1.29 is 9.57 Å². The monoisotopic (exact) mass is 131 g/mol. The van der Waals surface area contributed by atoms with Gasteiger partial charge in [0.25, 0.3) is 0 Å². The molecule has 3 heteroatoms. The standard InChI is InChI=1S/C6H13NO2/c1-2-8-5-3-4-6-9-7/h2H,1,3-7H2. The molecule has 3 nitrogen and oxygen atoms in total. The van der Waals surface area contributed by atoms with Crippen molar-refractivity contribution in [1.29, 1.82) is 0 Å². The number of hydrogen-bond acceptors (Lipinski definition) is 3. The minimum atomic E-state index is 0.598. The maximum absolute atomic E-state index is 4.85. The van der Waals surface area contributed by atoms with E-state index < -0.39 is 0 Å². The summed E-state index contributed by atoms with van der Waals surface area (Å²) in [5.41, 5.74) is 0. The molecule has 54 valence electrons. The van der Waals surface area contributed by atoms with Crippen LogP contribution in [-0.2, 0) is 9.57 Å². The summed E-state index contributed by atoms with van der Waals surface area (Å²) >= 11 is 0. The van der Waals surface area contributed by atoms with Gasteiger partial charge in [0, 0.05) is 0 Å². The Morgan fingerprint density at radius 1 is 1.33 bits per heavy atom. The molecule has 0 bridgehead atoms. The second-order valence-corrected chi connectivity index (χ2v) is 1.62. The van der Waals surface area contributed by atoms with Gasteiger partial charge in [-0.15, -0.1) is 0 Å². The van der Waals surface area contributed by atoms with Crippen LogP contribution in [-0.4, -0.2) is 13.2 Å². The van der Waals surface area contributed by atoms with Gasteiger partial charge in [-0.2, -0.15) is 0 Å². The number of hydrogen-bond donors (Lipinski definition) is 1. The first kappa shape index (κ1) is 8.46. The van der Waals surface area contributed by atoms with Gasteiger partial charge >= 0.3 is 0 Å². The molecule has 0 spiro atoms. The molecule has 0 saturated carbocycles. The molecule has 0 saturated heterocycles. The third-order valence-electron chi connectivity index (χ3n) is 0.892. The quantitative estimate of drug-likeness (QED) is 0.329. The summed E-state index contributed by atoms with van der Waals surface area (Å²) in [5.74, 6) is 4.78. The van der Waals surface area contributed by atoms with Crippen LogP contribution in [0.25, 0.3) is 0 Å². The van der Waals surface area contributed by atoms with Crippen molar-refractivity contribution in [3.8, 4) is 0 Å². The molecule has 0 amide bonds. The summed E-state index contributed by atoms with van der Waals surface area (Å²) < 4.78 is 4.85. The van der Waals surface area contributed by atoms with Gasteiger partial charge in [-0.3, -0.25) is 0 Å². The molecule has 0 unspecified atom stereocenters. The van der Waals surface area contributed by atoms with Crippen molar-refractivity contribution in [1.82, 2.24) is 0 Å². The Morgan fingerprint density at radius 3 is 2.56 bits per heavy atom. The van der Waals surface area contributed by atoms with Crippen LogP contribution in [0.15, 0.2) is 12.8 Å². The molecular formula is C6H13NO2. The van der Waals surface area contributed by atoms with E-state index >= 15 is 0 Å². The smallest absolute Gasteiger partial charge is 0.0873 e. The maximum Gasteiger partial charge on any atom is 0.0873 e. The van der Waals surface area contributed by atoms with Crippen LogP contribution in [0.2, 0.25) is 0 Å². The Hall–Kier alpha value is -0.540. The minimum absolute atomic E-state index is 0.598. The largest absolute Gasteiger partial charge is 0.502 e. The molecule has 9 heavy (non-hydrogen) atoms. The van der Waals surface area contributed by atoms with Crippen LogP contribution in [0.1, 0.15) is 12.8 Å². The lowest BCUT2D eigenvalue weighted by Gasteiger charge is -1.98. The molecule has 0 atom stereocenters. The van der Waals surface area contributed by atoms with Crippen molar-refractivity contribution >= 4 is 0 Å². The van der Waals surface area contributed by atoms with Gasteiger partial charge in [-0.25, -0.2) is 5.90 Å².